The summed E-state index contributed by atoms with van der Waals surface area (Å²) in [7, 11) is -3.56. The first-order chi connectivity index (χ1) is 11.9. The fourth-order valence-electron chi connectivity index (χ4n) is 2.46. The van der Waals surface area contributed by atoms with Gasteiger partial charge in [-0.05, 0) is 36.8 Å². The average Bonchev–Trinajstić information content (AvgIpc) is 2.82. The van der Waals surface area contributed by atoms with E-state index in [9.17, 15) is 13.2 Å². The van der Waals surface area contributed by atoms with Crippen LogP contribution in [-0.2, 0) is 14.8 Å². The molecule has 2 aromatic rings. The Bertz CT molecular complexity index is 971. The van der Waals surface area contributed by atoms with Gasteiger partial charge in [-0.3, -0.25) is 14.5 Å². The summed E-state index contributed by atoms with van der Waals surface area (Å²) in [4.78, 5) is 16.5. The molecule has 6 nitrogen and oxygen atoms in total. The van der Waals surface area contributed by atoms with E-state index in [1.165, 1.54) is 6.07 Å². The van der Waals surface area contributed by atoms with Crippen LogP contribution in [0.2, 0.25) is 5.02 Å². The molecule has 0 bridgehead atoms. The van der Waals surface area contributed by atoms with Gasteiger partial charge in [-0.1, -0.05) is 29.8 Å². The van der Waals surface area contributed by atoms with Gasteiger partial charge in [0.15, 0.2) is 0 Å². The number of anilines is 1. The number of aryl methyl sites for hydroxylation is 1. The number of carbonyl (C=O) groups excluding carboxylic acids is 1. The number of hydrogen-bond donors (Lipinski definition) is 2. The largest absolute Gasteiger partial charge is 0.326 e. The van der Waals surface area contributed by atoms with Gasteiger partial charge >= 0.3 is 0 Å². The van der Waals surface area contributed by atoms with Crippen LogP contribution in [0.4, 0.5) is 5.69 Å². The normalized spacial score (nSPS) is 16.3. The molecule has 1 heterocycles. The molecule has 1 aliphatic rings. The maximum Gasteiger partial charge on any atom is 0.263 e. The third-order valence-electron chi connectivity index (χ3n) is 3.75. The fraction of sp³-hybridized carbons (Fsp3) is 0.176. The lowest BCUT2D eigenvalue weighted by Gasteiger charge is -2.08. The second-order valence-electron chi connectivity index (χ2n) is 5.59. The molecule has 1 amide bonds. The number of amidine groups is 1. The van der Waals surface area contributed by atoms with Crippen molar-refractivity contribution in [1.29, 1.82) is 0 Å². The molecule has 2 aromatic carbocycles. The summed E-state index contributed by atoms with van der Waals surface area (Å²) < 4.78 is 26.4. The lowest BCUT2D eigenvalue weighted by molar-refractivity contribution is -0.116. The summed E-state index contributed by atoms with van der Waals surface area (Å²) in [6, 6.07) is 11.9. The summed E-state index contributed by atoms with van der Waals surface area (Å²) >= 11 is 5.93. The lowest BCUT2D eigenvalue weighted by Crippen LogP contribution is -2.23. The van der Waals surface area contributed by atoms with Gasteiger partial charge in [-0.25, -0.2) is 8.42 Å². The van der Waals surface area contributed by atoms with E-state index in [4.69, 9.17) is 11.6 Å². The molecule has 130 valence electrons. The van der Waals surface area contributed by atoms with Crippen molar-refractivity contribution in [1.82, 2.24) is 4.72 Å². The Hall–Kier alpha value is -2.38. The van der Waals surface area contributed by atoms with Gasteiger partial charge in [-0.15, -0.1) is 0 Å². The number of halogens is 1. The fourth-order valence-corrected chi connectivity index (χ4v) is 3.89. The lowest BCUT2D eigenvalue weighted by atomic mass is 10.2. The zero-order valence-corrected chi connectivity index (χ0v) is 15.0. The molecule has 1 aliphatic heterocycles. The van der Waals surface area contributed by atoms with Crippen molar-refractivity contribution in [2.45, 2.75) is 18.2 Å². The highest BCUT2D eigenvalue weighted by molar-refractivity contribution is 7.90. The van der Waals surface area contributed by atoms with Crippen molar-refractivity contribution in [3.05, 3.63) is 58.6 Å². The predicted octanol–water partition coefficient (Wildman–Crippen LogP) is 2.72. The highest BCUT2D eigenvalue weighted by atomic mass is 35.5. The van der Waals surface area contributed by atoms with Crippen LogP contribution in [0.5, 0.6) is 0 Å². The van der Waals surface area contributed by atoms with Crippen molar-refractivity contribution in [3.8, 4) is 0 Å². The Morgan fingerprint density at radius 1 is 1.24 bits per heavy atom. The van der Waals surface area contributed by atoms with Gasteiger partial charge in [0.05, 0.1) is 11.4 Å². The standard InChI is InChI=1S/C17H16ClN3O3S/c1-11-6-7-12(18)10-14(11)20-16(22)8-9-19-17-13-4-2-3-5-15(13)25(23,24)21-17/h2-7,10H,8-9H2,1H3,(H,19,21)(H,20,22). The molecule has 25 heavy (non-hydrogen) atoms. The molecular formula is C17H16ClN3O3S. The number of sulfonamides is 1. The number of aliphatic imine (C=N–C) groups is 1. The maximum atomic E-state index is 12.1. The van der Waals surface area contributed by atoms with Crippen LogP contribution >= 0.6 is 11.6 Å². The van der Waals surface area contributed by atoms with Crippen molar-refractivity contribution < 1.29 is 13.2 Å². The molecule has 0 radical (unpaired) electrons. The number of carbonyl (C=O) groups is 1. The van der Waals surface area contributed by atoms with E-state index in [-0.39, 0.29) is 29.6 Å². The smallest absolute Gasteiger partial charge is 0.263 e. The topological polar surface area (TPSA) is 87.6 Å². The molecule has 0 unspecified atom stereocenters. The number of rotatable bonds is 4. The number of hydrogen-bond acceptors (Lipinski definition) is 4. The summed E-state index contributed by atoms with van der Waals surface area (Å²) in [6.07, 6.45) is 0.124. The molecule has 3 rings (SSSR count). The van der Waals surface area contributed by atoms with Crippen molar-refractivity contribution >= 4 is 39.1 Å². The number of nitrogens with one attached hydrogen (secondary N) is 2. The Kier molecular flexibility index (Phi) is 4.78. The quantitative estimate of drug-likeness (QED) is 0.858. The molecule has 0 saturated carbocycles. The molecule has 0 atom stereocenters. The van der Waals surface area contributed by atoms with Crippen LogP contribution < -0.4 is 10.0 Å². The minimum atomic E-state index is -3.56. The highest BCUT2D eigenvalue weighted by Crippen LogP contribution is 2.22. The number of amides is 1. The number of fused-ring (bicyclic) bond motifs is 1. The monoisotopic (exact) mass is 377 g/mol. The summed E-state index contributed by atoms with van der Waals surface area (Å²) in [5, 5.41) is 3.32. The Labute approximate surface area is 151 Å². The summed E-state index contributed by atoms with van der Waals surface area (Å²) in [5.74, 6) is 0.0474. The first kappa shape index (κ1) is 17.4. The minimum Gasteiger partial charge on any atom is -0.326 e. The average molecular weight is 378 g/mol. The molecule has 0 saturated heterocycles. The zero-order valence-electron chi connectivity index (χ0n) is 13.4. The van der Waals surface area contributed by atoms with E-state index in [0.717, 1.165) is 5.56 Å². The predicted molar refractivity (Wildman–Crippen MR) is 97.6 cm³/mol. The van der Waals surface area contributed by atoms with Crippen molar-refractivity contribution in [3.63, 3.8) is 0 Å². The van der Waals surface area contributed by atoms with Crippen LogP contribution in [0.25, 0.3) is 0 Å². The maximum absolute atomic E-state index is 12.1. The van der Waals surface area contributed by atoms with E-state index in [1.54, 1.807) is 30.3 Å². The van der Waals surface area contributed by atoms with Crippen LogP contribution in [0.1, 0.15) is 17.5 Å². The van der Waals surface area contributed by atoms with E-state index in [2.05, 4.69) is 15.0 Å². The number of nitrogens with zero attached hydrogens (tertiary/aromatic N) is 1. The molecular weight excluding hydrogens is 362 g/mol. The second-order valence-corrected chi connectivity index (χ2v) is 7.68. The molecule has 8 heteroatoms. The third-order valence-corrected chi connectivity index (χ3v) is 5.38. The van der Waals surface area contributed by atoms with Gasteiger partial charge in [-0.2, -0.15) is 0 Å². The second kappa shape index (κ2) is 6.85. The van der Waals surface area contributed by atoms with Crippen LogP contribution in [0.3, 0.4) is 0 Å². The number of benzene rings is 2. The van der Waals surface area contributed by atoms with Crippen LogP contribution in [-0.4, -0.2) is 26.7 Å². The van der Waals surface area contributed by atoms with Gasteiger partial charge in [0, 0.05) is 22.7 Å². The Morgan fingerprint density at radius 2 is 2.00 bits per heavy atom. The molecule has 0 aromatic heterocycles. The van der Waals surface area contributed by atoms with Crippen molar-refractivity contribution in [2.24, 2.45) is 4.99 Å². The SMILES string of the molecule is Cc1ccc(Cl)cc1NC(=O)CCN=C1NS(=O)(=O)c2ccccc21. The first-order valence-electron chi connectivity index (χ1n) is 7.59. The Morgan fingerprint density at radius 3 is 2.80 bits per heavy atom. The zero-order chi connectivity index (χ0) is 18.0. The van der Waals surface area contributed by atoms with Crippen LogP contribution in [0, 0.1) is 6.92 Å². The molecule has 0 spiro atoms. The van der Waals surface area contributed by atoms with E-state index in [1.807, 2.05) is 13.0 Å². The van der Waals surface area contributed by atoms with E-state index < -0.39 is 10.0 Å². The Balaban J connectivity index is 1.66. The van der Waals surface area contributed by atoms with Crippen molar-refractivity contribution in [2.75, 3.05) is 11.9 Å². The summed E-state index contributed by atoms with van der Waals surface area (Å²) in [5.41, 5.74) is 2.08. The molecule has 2 N–H and O–H groups in total. The molecule has 0 aliphatic carbocycles. The summed E-state index contributed by atoms with van der Waals surface area (Å²) in [6.45, 7) is 2.04. The first-order valence-corrected chi connectivity index (χ1v) is 9.45. The van der Waals surface area contributed by atoms with E-state index in [0.29, 0.717) is 16.3 Å². The van der Waals surface area contributed by atoms with Gasteiger partial charge in [0.1, 0.15) is 5.84 Å². The van der Waals surface area contributed by atoms with Gasteiger partial charge in [0.2, 0.25) is 5.91 Å². The molecule has 0 fully saturated rings. The minimum absolute atomic E-state index is 0.124. The van der Waals surface area contributed by atoms with Gasteiger partial charge in [0.25, 0.3) is 10.0 Å². The van der Waals surface area contributed by atoms with E-state index >= 15 is 0 Å². The highest BCUT2D eigenvalue weighted by Gasteiger charge is 2.29. The van der Waals surface area contributed by atoms with Gasteiger partial charge < -0.3 is 5.32 Å². The third kappa shape index (κ3) is 3.83. The van der Waals surface area contributed by atoms with Crippen LogP contribution in [0.15, 0.2) is 52.4 Å².